The van der Waals surface area contributed by atoms with E-state index in [2.05, 4.69) is 66.1 Å². The molecular weight excluding hydrogens is 402 g/mol. The van der Waals surface area contributed by atoms with Gasteiger partial charge in [-0.05, 0) is 42.8 Å². The van der Waals surface area contributed by atoms with Crippen molar-refractivity contribution in [2.45, 2.75) is 6.92 Å². The summed E-state index contributed by atoms with van der Waals surface area (Å²) >= 11 is 5.95. The van der Waals surface area contributed by atoms with E-state index in [1.54, 1.807) is 24.3 Å². The topological polar surface area (TPSA) is 21.5 Å². The fourth-order valence-corrected chi connectivity index (χ4v) is 3.68. The van der Waals surface area contributed by atoms with Crippen molar-refractivity contribution in [3.8, 4) is 11.1 Å². The Balaban J connectivity index is 0.000000150. The minimum atomic E-state index is -0.0406. The summed E-state index contributed by atoms with van der Waals surface area (Å²) in [6, 6.07) is 35.3. The van der Waals surface area contributed by atoms with Crippen LogP contribution in [0.1, 0.15) is 21.6 Å². The van der Waals surface area contributed by atoms with E-state index in [1.807, 2.05) is 36.4 Å². The van der Waals surface area contributed by atoms with Crippen LogP contribution in [0.2, 0.25) is 5.02 Å². The van der Waals surface area contributed by atoms with Crippen LogP contribution in [-0.2, 0) is 0 Å². The summed E-state index contributed by atoms with van der Waals surface area (Å²) in [5.74, 6) is -0.0406. The molecule has 31 heavy (non-hydrogen) atoms. The van der Waals surface area contributed by atoms with Gasteiger partial charge in [-0.3, -0.25) is 4.79 Å². The minimum absolute atomic E-state index is 0.0406. The van der Waals surface area contributed by atoms with Gasteiger partial charge in [0.05, 0.1) is 5.02 Å². The number of rotatable bonds is 3. The molecule has 0 aliphatic rings. The molecule has 152 valence electrons. The molecule has 0 bridgehead atoms. The van der Waals surface area contributed by atoms with Crippen LogP contribution < -0.4 is 0 Å². The Morgan fingerprint density at radius 3 is 2.03 bits per heavy atom. The average Bonchev–Trinajstić information content (AvgIpc) is 3.27. The van der Waals surface area contributed by atoms with Gasteiger partial charge in [0.2, 0.25) is 0 Å². The molecule has 0 amide bonds. The predicted molar refractivity (Wildman–Crippen MR) is 129 cm³/mol. The van der Waals surface area contributed by atoms with Crippen LogP contribution in [-0.4, -0.2) is 10.2 Å². The van der Waals surface area contributed by atoms with E-state index in [0.29, 0.717) is 16.1 Å². The fourth-order valence-electron chi connectivity index (χ4n) is 3.46. The van der Waals surface area contributed by atoms with Crippen molar-refractivity contribution in [3.63, 3.8) is 0 Å². The van der Waals surface area contributed by atoms with Gasteiger partial charge in [0, 0.05) is 34.1 Å². The third kappa shape index (κ3) is 4.76. The van der Waals surface area contributed by atoms with Crippen LogP contribution in [0.4, 0.5) is 0 Å². The van der Waals surface area contributed by atoms with Crippen molar-refractivity contribution in [2.75, 3.05) is 0 Å². The maximum absolute atomic E-state index is 12.0. The van der Waals surface area contributed by atoms with E-state index in [0.717, 1.165) is 0 Å². The summed E-state index contributed by atoms with van der Waals surface area (Å²) in [6.07, 6.45) is 2.19. The van der Waals surface area contributed by atoms with E-state index >= 15 is 0 Å². The second kappa shape index (κ2) is 9.46. The van der Waals surface area contributed by atoms with Crippen LogP contribution in [0.25, 0.3) is 16.6 Å². The zero-order valence-corrected chi connectivity index (χ0v) is 18.0. The summed E-state index contributed by atoms with van der Waals surface area (Å²) in [6.45, 7) is 2.13. The molecule has 3 aromatic carbocycles. The maximum atomic E-state index is 12.0. The molecule has 0 saturated heterocycles. The normalized spacial score (nSPS) is 10.4. The van der Waals surface area contributed by atoms with Gasteiger partial charge in [-0.15, -0.1) is 0 Å². The zero-order chi connectivity index (χ0) is 21.6. The van der Waals surface area contributed by atoms with E-state index in [9.17, 15) is 4.79 Å². The van der Waals surface area contributed by atoms with Crippen molar-refractivity contribution < 1.29 is 4.79 Å². The third-order valence-electron chi connectivity index (χ3n) is 5.10. The van der Waals surface area contributed by atoms with Crippen LogP contribution in [0.5, 0.6) is 0 Å². The van der Waals surface area contributed by atoms with Crippen molar-refractivity contribution in [2.24, 2.45) is 0 Å². The predicted octanol–water partition coefficient (Wildman–Crippen LogP) is 7.49. The lowest BCUT2D eigenvalue weighted by Gasteiger charge is -2.02. The maximum Gasteiger partial charge on any atom is 0.194 e. The van der Waals surface area contributed by atoms with Crippen LogP contribution in [0.15, 0.2) is 115 Å². The van der Waals surface area contributed by atoms with E-state index in [4.69, 9.17) is 11.6 Å². The molecule has 0 spiro atoms. The summed E-state index contributed by atoms with van der Waals surface area (Å²) in [5.41, 5.74) is 6.26. The van der Waals surface area contributed by atoms with Crippen molar-refractivity contribution in [1.29, 1.82) is 0 Å². The van der Waals surface area contributed by atoms with Gasteiger partial charge in [-0.1, -0.05) is 90.5 Å². The highest BCUT2D eigenvalue weighted by Gasteiger charge is 2.11. The number of benzene rings is 3. The average molecular weight is 424 g/mol. The first kappa shape index (κ1) is 20.6. The van der Waals surface area contributed by atoms with Gasteiger partial charge in [0.1, 0.15) is 0 Å². The standard InChI is InChI=1S/C15H13N.C13H9ClO/c1-12-6-5-9-15-10-14(11-16(12)15)13-7-3-2-4-8-13;14-12-9-5-4-8-11(12)13(15)10-6-2-1-3-7-10/h2-11H,1H3;1-9H. The summed E-state index contributed by atoms with van der Waals surface area (Å²) in [4.78, 5) is 12.0. The zero-order valence-electron chi connectivity index (χ0n) is 17.2. The van der Waals surface area contributed by atoms with Gasteiger partial charge in [0.25, 0.3) is 0 Å². The van der Waals surface area contributed by atoms with Gasteiger partial charge in [-0.25, -0.2) is 0 Å². The molecule has 2 heterocycles. The fraction of sp³-hybridized carbons (Fsp3) is 0.0357. The minimum Gasteiger partial charge on any atom is -0.321 e. The van der Waals surface area contributed by atoms with Gasteiger partial charge >= 0.3 is 0 Å². The number of aromatic nitrogens is 1. The first-order valence-corrected chi connectivity index (χ1v) is 10.5. The molecule has 2 nitrogen and oxygen atoms in total. The first-order chi connectivity index (χ1) is 15.1. The van der Waals surface area contributed by atoms with Gasteiger partial charge in [-0.2, -0.15) is 0 Å². The molecule has 0 saturated carbocycles. The summed E-state index contributed by atoms with van der Waals surface area (Å²) in [7, 11) is 0. The number of ketones is 1. The third-order valence-corrected chi connectivity index (χ3v) is 5.43. The molecule has 0 aliphatic heterocycles. The number of aryl methyl sites for hydroxylation is 1. The van der Waals surface area contributed by atoms with Crippen LogP contribution in [0.3, 0.4) is 0 Å². The lowest BCUT2D eigenvalue weighted by Crippen LogP contribution is -2.01. The number of halogens is 1. The lowest BCUT2D eigenvalue weighted by molar-refractivity contribution is 0.103. The monoisotopic (exact) mass is 423 g/mol. The largest absolute Gasteiger partial charge is 0.321 e. The van der Waals surface area contributed by atoms with Gasteiger partial charge in [0.15, 0.2) is 5.78 Å². The van der Waals surface area contributed by atoms with Crippen LogP contribution in [0, 0.1) is 6.92 Å². The summed E-state index contributed by atoms with van der Waals surface area (Å²) < 4.78 is 2.22. The molecule has 0 radical (unpaired) electrons. The number of hydrogen-bond acceptors (Lipinski definition) is 1. The first-order valence-electron chi connectivity index (χ1n) is 10.1. The molecule has 0 unspecified atom stereocenters. The molecule has 0 aliphatic carbocycles. The summed E-state index contributed by atoms with van der Waals surface area (Å²) in [5, 5.41) is 0.492. The van der Waals surface area contributed by atoms with Gasteiger partial charge < -0.3 is 4.40 Å². The second-order valence-corrected chi connectivity index (χ2v) is 7.64. The number of carbonyl (C=O) groups excluding carboxylic acids is 1. The molecule has 0 fully saturated rings. The smallest absolute Gasteiger partial charge is 0.194 e. The highest BCUT2D eigenvalue weighted by Crippen LogP contribution is 2.23. The molecule has 0 N–H and O–H groups in total. The second-order valence-electron chi connectivity index (χ2n) is 7.23. The molecule has 3 heteroatoms. The van der Waals surface area contributed by atoms with Crippen molar-refractivity contribution in [1.82, 2.24) is 4.40 Å². The number of hydrogen-bond donors (Lipinski definition) is 0. The lowest BCUT2D eigenvalue weighted by atomic mass is 10.0. The SMILES string of the molecule is Cc1cccc2cc(-c3ccccc3)cn12.O=C(c1ccccc1)c1ccccc1Cl. The Labute approximate surface area is 187 Å². The Kier molecular flexibility index (Phi) is 6.30. The highest BCUT2D eigenvalue weighted by atomic mass is 35.5. The quantitative estimate of drug-likeness (QED) is 0.275. The molecular formula is C28H22ClNO. The Bertz CT molecular complexity index is 1310. The van der Waals surface area contributed by atoms with Crippen molar-refractivity contribution >= 4 is 22.9 Å². The molecule has 5 aromatic rings. The highest BCUT2D eigenvalue weighted by molar-refractivity contribution is 6.34. The number of fused-ring (bicyclic) bond motifs is 1. The Morgan fingerprint density at radius 2 is 1.35 bits per heavy atom. The Morgan fingerprint density at radius 1 is 0.710 bits per heavy atom. The Hall–Kier alpha value is -3.62. The van der Waals surface area contributed by atoms with Crippen LogP contribution >= 0.6 is 11.6 Å². The number of pyridine rings is 1. The van der Waals surface area contributed by atoms with Crippen molar-refractivity contribution in [3.05, 3.63) is 137 Å². The molecule has 0 atom stereocenters. The number of nitrogens with zero attached hydrogens (tertiary/aromatic N) is 1. The number of carbonyl (C=O) groups is 1. The van der Waals surface area contributed by atoms with E-state index in [1.165, 1.54) is 22.3 Å². The molecule has 2 aromatic heterocycles. The van der Waals surface area contributed by atoms with E-state index < -0.39 is 0 Å². The van der Waals surface area contributed by atoms with E-state index in [-0.39, 0.29) is 5.78 Å². The molecule has 5 rings (SSSR count).